The standard InChI is InChI=1S/C18H25N5O/c1-4-22-8-7-15(12-22)10-20-18(24)16-5-6-17(19-11-16)23-14(3)9-13(2)21-23/h5-6,9,11,15H,4,7-8,10,12H2,1-3H3,(H,20,24). The van der Waals surface area contributed by atoms with Gasteiger partial charge in [0.15, 0.2) is 5.82 Å². The number of amides is 1. The molecule has 24 heavy (non-hydrogen) atoms. The van der Waals surface area contributed by atoms with Crippen LogP contribution < -0.4 is 5.32 Å². The van der Waals surface area contributed by atoms with E-state index in [1.165, 1.54) is 0 Å². The molecule has 1 atom stereocenters. The fourth-order valence-corrected chi connectivity index (χ4v) is 3.21. The molecule has 3 rings (SSSR count). The van der Waals surface area contributed by atoms with Crippen LogP contribution in [0.25, 0.3) is 5.82 Å². The molecule has 0 spiro atoms. The lowest BCUT2D eigenvalue weighted by Gasteiger charge is -2.13. The predicted octanol–water partition coefficient (Wildman–Crippen LogP) is 1.96. The van der Waals surface area contributed by atoms with Crippen molar-refractivity contribution in [2.75, 3.05) is 26.2 Å². The molecule has 0 aromatic carbocycles. The van der Waals surface area contributed by atoms with Gasteiger partial charge in [0, 0.05) is 25.0 Å². The topological polar surface area (TPSA) is 63.1 Å². The summed E-state index contributed by atoms with van der Waals surface area (Å²) in [5, 5.41) is 7.44. The van der Waals surface area contributed by atoms with E-state index in [4.69, 9.17) is 0 Å². The van der Waals surface area contributed by atoms with Crippen LogP contribution in [-0.4, -0.2) is 51.8 Å². The van der Waals surface area contributed by atoms with Crippen molar-refractivity contribution in [3.63, 3.8) is 0 Å². The normalized spacial score (nSPS) is 18.0. The molecule has 1 aliphatic heterocycles. The molecule has 1 N–H and O–H groups in total. The lowest BCUT2D eigenvalue weighted by atomic mass is 10.1. The van der Waals surface area contributed by atoms with Gasteiger partial charge in [-0.3, -0.25) is 4.79 Å². The van der Waals surface area contributed by atoms with Crippen LogP contribution in [0.1, 0.15) is 35.1 Å². The molecule has 6 heteroatoms. The fraction of sp³-hybridized carbons (Fsp3) is 0.500. The molecule has 1 amide bonds. The average Bonchev–Trinajstić information content (AvgIpc) is 3.18. The van der Waals surface area contributed by atoms with Crippen LogP contribution in [0.2, 0.25) is 0 Å². The van der Waals surface area contributed by atoms with Crippen molar-refractivity contribution in [1.29, 1.82) is 0 Å². The molecular formula is C18H25N5O. The zero-order valence-corrected chi connectivity index (χ0v) is 14.6. The second kappa shape index (κ2) is 7.13. The second-order valence-corrected chi connectivity index (χ2v) is 6.50. The van der Waals surface area contributed by atoms with E-state index in [0.717, 1.165) is 49.8 Å². The lowest BCUT2D eigenvalue weighted by Crippen LogP contribution is -2.31. The Hall–Kier alpha value is -2.21. The summed E-state index contributed by atoms with van der Waals surface area (Å²) in [6.45, 7) is 10.1. The number of rotatable bonds is 5. The van der Waals surface area contributed by atoms with Gasteiger partial charge in [-0.25, -0.2) is 9.67 Å². The number of carbonyl (C=O) groups is 1. The smallest absolute Gasteiger partial charge is 0.252 e. The first kappa shape index (κ1) is 16.6. The molecule has 3 heterocycles. The van der Waals surface area contributed by atoms with Crippen LogP contribution in [0, 0.1) is 19.8 Å². The Morgan fingerprint density at radius 3 is 2.79 bits per heavy atom. The summed E-state index contributed by atoms with van der Waals surface area (Å²) in [5.41, 5.74) is 2.57. The molecule has 0 aliphatic carbocycles. The molecule has 2 aromatic heterocycles. The monoisotopic (exact) mass is 327 g/mol. The Kier molecular flexibility index (Phi) is 4.94. The summed E-state index contributed by atoms with van der Waals surface area (Å²) in [4.78, 5) is 19.1. The van der Waals surface area contributed by atoms with Crippen molar-refractivity contribution in [3.05, 3.63) is 41.3 Å². The number of nitrogens with one attached hydrogen (secondary N) is 1. The summed E-state index contributed by atoms with van der Waals surface area (Å²) in [5.74, 6) is 1.22. The highest BCUT2D eigenvalue weighted by Gasteiger charge is 2.21. The van der Waals surface area contributed by atoms with Crippen LogP contribution in [0.3, 0.4) is 0 Å². The Bertz CT molecular complexity index is 707. The van der Waals surface area contributed by atoms with Crippen LogP contribution in [-0.2, 0) is 0 Å². The maximum Gasteiger partial charge on any atom is 0.252 e. The first-order valence-corrected chi connectivity index (χ1v) is 8.57. The number of carbonyl (C=O) groups excluding carboxylic acids is 1. The maximum atomic E-state index is 12.3. The number of likely N-dealkylation sites (tertiary alicyclic amines) is 1. The third-order valence-electron chi connectivity index (χ3n) is 4.61. The van der Waals surface area contributed by atoms with Crippen molar-refractivity contribution in [3.8, 4) is 5.82 Å². The van der Waals surface area contributed by atoms with E-state index >= 15 is 0 Å². The Balaban J connectivity index is 1.59. The number of nitrogens with zero attached hydrogens (tertiary/aromatic N) is 4. The van der Waals surface area contributed by atoms with Gasteiger partial charge in [-0.1, -0.05) is 6.92 Å². The zero-order chi connectivity index (χ0) is 17.1. The molecule has 1 saturated heterocycles. The van der Waals surface area contributed by atoms with E-state index < -0.39 is 0 Å². The average molecular weight is 327 g/mol. The quantitative estimate of drug-likeness (QED) is 0.912. The lowest BCUT2D eigenvalue weighted by molar-refractivity contribution is 0.0947. The predicted molar refractivity (Wildman–Crippen MR) is 93.4 cm³/mol. The van der Waals surface area contributed by atoms with Gasteiger partial charge >= 0.3 is 0 Å². The highest BCUT2D eigenvalue weighted by atomic mass is 16.1. The van der Waals surface area contributed by atoms with E-state index in [9.17, 15) is 4.79 Å². The summed E-state index contributed by atoms with van der Waals surface area (Å²) >= 11 is 0. The molecule has 0 saturated carbocycles. The zero-order valence-electron chi connectivity index (χ0n) is 14.6. The number of hydrogen-bond acceptors (Lipinski definition) is 4. The molecular weight excluding hydrogens is 302 g/mol. The van der Waals surface area contributed by atoms with E-state index in [0.29, 0.717) is 11.5 Å². The fourth-order valence-electron chi connectivity index (χ4n) is 3.21. The van der Waals surface area contributed by atoms with Gasteiger partial charge in [0.1, 0.15) is 0 Å². The highest BCUT2D eigenvalue weighted by molar-refractivity contribution is 5.93. The minimum atomic E-state index is -0.0580. The summed E-state index contributed by atoms with van der Waals surface area (Å²) < 4.78 is 1.79. The van der Waals surface area contributed by atoms with Crippen molar-refractivity contribution in [2.24, 2.45) is 5.92 Å². The summed E-state index contributed by atoms with van der Waals surface area (Å²) in [6.07, 6.45) is 2.78. The molecule has 1 unspecified atom stereocenters. The van der Waals surface area contributed by atoms with Crippen LogP contribution in [0.15, 0.2) is 24.4 Å². The minimum Gasteiger partial charge on any atom is -0.352 e. The van der Waals surface area contributed by atoms with Crippen molar-refractivity contribution in [2.45, 2.75) is 27.2 Å². The SMILES string of the molecule is CCN1CCC(CNC(=O)c2ccc(-n3nc(C)cc3C)nc2)C1. The molecule has 1 aliphatic rings. The van der Waals surface area contributed by atoms with Crippen molar-refractivity contribution >= 4 is 5.91 Å². The van der Waals surface area contributed by atoms with Crippen molar-refractivity contribution in [1.82, 2.24) is 25.0 Å². The molecule has 6 nitrogen and oxygen atoms in total. The van der Waals surface area contributed by atoms with Crippen LogP contribution in [0.4, 0.5) is 0 Å². The highest BCUT2D eigenvalue weighted by Crippen LogP contribution is 2.15. The van der Waals surface area contributed by atoms with Gasteiger partial charge in [-0.15, -0.1) is 0 Å². The van der Waals surface area contributed by atoms with Crippen LogP contribution in [0.5, 0.6) is 0 Å². The number of aryl methyl sites for hydroxylation is 2. The van der Waals surface area contributed by atoms with Gasteiger partial charge in [0.2, 0.25) is 0 Å². The first-order chi connectivity index (χ1) is 11.6. The van der Waals surface area contributed by atoms with E-state index in [1.807, 2.05) is 26.0 Å². The first-order valence-electron chi connectivity index (χ1n) is 8.57. The summed E-state index contributed by atoms with van der Waals surface area (Å²) in [6, 6.07) is 5.65. The number of aromatic nitrogens is 3. The molecule has 128 valence electrons. The molecule has 0 bridgehead atoms. The molecule has 0 radical (unpaired) electrons. The Morgan fingerprint density at radius 2 is 2.21 bits per heavy atom. The Morgan fingerprint density at radius 1 is 1.38 bits per heavy atom. The van der Waals surface area contributed by atoms with E-state index in [2.05, 4.69) is 27.2 Å². The minimum absolute atomic E-state index is 0.0580. The van der Waals surface area contributed by atoms with E-state index in [1.54, 1.807) is 16.9 Å². The largest absolute Gasteiger partial charge is 0.352 e. The third-order valence-corrected chi connectivity index (χ3v) is 4.61. The van der Waals surface area contributed by atoms with Gasteiger partial charge < -0.3 is 10.2 Å². The van der Waals surface area contributed by atoms with E-state index in [-0.39, 0.29) is 5.91 Å². The van der Waals surface area contributed by atoms with Crippen LogP contribution >= 0.6 is 0 Å². The number of hydrogen-bond donors (Lipinski definition) is 1. The summed E-state index contributed by atoms with van der Waals surface area (Å²) in [7, 11) is 0. The molecule has 2 aromatic rings. The van der Waals surface area contributed by atoms with Gasteiger partial charge in [-0.2, -0.15) is 5.10 Å². The Labute approximate surface area is 142 Å². The molecule has 1 fully saturated rings. The van der Waals surface area contributed by atoms with Gasteiger partial charge in [-0.05, 0) is 57.5 Å². The maximum absolute atomic E-state index is 12.3. The van der Waals surface area contributed by atoms with Gasteiger partial charge in [0.25, 0.3) is 5.91 Å². The second-order valence-electron chi connectivity index (χ2n) is 6.50. The van der Waals surface area contributed by atoms with Gasteiger partial charge in [0.05, 0.1) is 11.3 Å². The third kappa shape index (κ3) is 3.64. The van der Waals surface area contributed by atoms with Crippen molar-refractivity contribution < 1.29 is 4.79 Å². The number of pyridine rings is 1.